The quantitative estimate of drug-likeness (QED) is 0.714. The second-order valence-electron chi connectivity index (χ2n) is 6.69. The molecule has 0 aliphatic carbocycles. The summed E-state index contributed by atoms with van der Waals surface area (Å²) in [5.41, 5.74) is 4.09. The average Bonchev–Trinajstić information content (AvgIpc) is 3.17. The summed E-state index contributed by atoms with van der Waals surface area (Å²) in [7, 11) is 0. The van der Waals surface area contributed by atoms with Crippen molar-refractivity contribution >= 4 is 29.1 Å². The van der Waals surface area contributed by atoms with E-state index in [1.165, 1.54) is 5.56 Å². The van der Waals surface area contributed by atoms with Gasteiger partial charge >= 0.3 is 0 Å². The van der Waals surface area contributed by atoms with E-state index in [0.29, 0.717) is 29.2 Å². The standard InChI is InChI=1S/C23H19ClN2O2/c24-20-7-3-1-6-19(20)15-25-22(27)17-9-11-18(12-10-17)23(28)26-14-13-16-5-2-4-8-21(16)26/h1-12H,13-15H2,(H,25,27). The Morgan fingerprint density at radius 3 is 2.36 bits per heavy atom. The van der Waals surface area contributed by atoms with Gasteiger partial charge in [-0.15, -0.1) is 0 Å². The fourth-order valence-corrected chi connectivity index (χ4v) is 3.59. The van der Waals surface area contributed by atoms with E-state index in [2.05, 4.69) is 11.4 Å². The summed E-state index contributed by atoms with van der Waals surface area (Å²) in [4.78, 5) is 27.0. The number of anilines is 1. The first kappa shape index (κ1) is 18.3. The number of nitrogens with zero attached hydrogens (tertiary/aromatic N) is 1. The van der Waals surface area contributed by atoms with Gasteiger partial charge in [0, 0.05) is 34.9 Å². The van der Waals surface area contributed by atoms with Crippen LogP contribution >= 0.6 is 11.6 Å². The molecule has 3 aromatic carbocycles. The lowest BCUT2D eigenvalue weighted by atomic mass is 10.1. The van der Waals surface area contributed by atoms with Crippen molar-refractivity contribution in [3.63, 3.8) is 0 Å². The molecule has 2 amide bonds. The lowest BCUT2D eigenvalue weighted by Crippen LogP contribution is -2.29. The van der Waals surface area contributed by atoms with Crippen molar-refractivity contribution in [2.45, 2.75) is 13.0 Å². The maximum Gasteiger partial charge on any atom is 0.258 e. The molecule has 4 rings (SSSR count). The first-order valence-electron chi connectivity index (χ1n) is 9.15. The Bertz CT molecular complexity index is 1030. The van der Waals surface area contributed by atoms with Crippen molar-refractivity contribution in [2.75, 3.05) is 11.4 Å². The predicted molar refractivity (Wildman–Crippen MR) is 111 cm³/mol. The van der Waals surface area contributed by atoms with E-state index in [-0.39, 0.29) is 11.8 Å². The number of carbonyl (C=O) groups is 2. The van der Waals surface area contributed by atoms with Gasteiger partial charge in [-0.05, 0) is 53.9 Å². The highest BCUT2D eigenvalue weighted by Gasteiger charge is 2.25. The van der Waals surface area contributed by atoms with Crippen LogP contribution < -0.4 is 10.2 Å². The van der Waals surface area contributed by atoms with Crippen molar-refractivity contribution in [1.29, 1.82) is 0 Å². The number of para-hydroxylation sites is 1. The Kier molecular flexibility index (Phi) is 5.13. The van der Waals surface area contributed by atoms with Crippen LogP contribution in [0.2, 0.25) is 5.02 Å². The van der Waals surface area contributed by atoms with Crippen LogP contribution in [0.5, 0.6) is 0 Å². The minimum Gasteiger partial charge on any atom is -0.348 e. The molecule has 0 bridgehead atoms. The van der Waals surface area contributed by atoms with E-state index in [4.69, 9.17) is 11.6 Å². The van der Waals surface area contributed by atoms with Gasteiger partial charge < -0.3 is 10.2 Å². The fourth-order valence-electron chi connectivity index (χ4n) is 3.39. The number of carbonyl (C=O) groups excluding carboxylic acids is 2. The van der Waals surface area contributed by atoms with E-state index in [1.54, 1.807) is 35.2 Å². The Balaban J connectivity index is 1.43. The zero-order valence-electron chi connectivity index (χ0n) is 15.2. The van der Waals surface area contributed by atoms with Gasteiger partial charge in [0.25, 0.3) is 11.8 Å². The number of rotatable bonds is 4. The largest absolute Gasteiger partial charge is 0.348 e. The van der Waals surface area contributed by atoms with E-state index >= 15 is 0 Å². The highest BCUT2D eigenvalue weighted by atomic mass is 35.5. The highest BCUT2D eigenvalue weighted by Crippen LogP contribution is 2.28. The van der Waals surface area contributed by atoms with Crippen LogP contribution in [0.25, 0.3) is 0 Å². The number of halogens is 1. The number of benzene rings is 3. The van der Waals surface area contributed by atoms with Crippen LogP contribution in [0.1, 0.15) is 31.8 Å². The van der Waals surface area contributed by atoms with Crippen molar-refractivity contribution in [2.24, 2.45) is 0 Å². The van der Waals surface area contributed by atoms with Gasteiger partial charge in [-0.3, -0.25) is 9.59 Å². The minimum absolute atomic E-state index is 0.0482. The predicted octanol–water partition coefficient (Wildman–Crippen LogP) is 4.47. The van der Waals surface area contributed by atoms with Crippen LogP contribution in [0.4, 0.5) is 5.69 Å². The van der Waals surface area contributed by atoms with Gasteiger partial charge in [-0.2, -0.15) is 0 Å². The summed E-state index contributed by atoms with van der Waals surface area (Å²) in [5, 5.41) is 3.47. The van der Waals surface area contributed by atoms with E-state index in [0.717, 1.165) is 17.7 Å². The van der Waals surface area contributed by atoms with Crippen molar-refractivity contribution < 1.29 is 9.59 Å². The number of fused-ring (bicyclic) bond motifs is 1. The minimum atomic E-state index is -0.203. The molecule has 0 radical (unpaired) electrons. The Hall–Kier alpha value is -3.11. The molecule has 1 aliphatic rings. The lowest BCUT2D eigenvalue weighted by molar-refractivity contribution is 0.0947. The fraction of sp³-hybridized carbons (Fsp3) is 0.130. The molecule has 1 aliphatic heterocycles. The van der Waals surface area contributed by atoms with Gasteiger partial charge in [0.15, 0.2) is 0 Å². The van der Waals surface area contributed by atoms with Gasteiger partial charge in [-0.25, -0.2) is 0 Å². The van der Waals surface area contributed by atoms with Crippen LogP contribution in [0.3, 0.4) is 0 Å². The van der Waals surface area contributed by atoms with Crippen LogP contribution in [0.15, 0.2) is 72.8 Å². The summed E-state index contributed by atoms with van der Waals surface area (Å²) >= 11 is 6.11. The smallest absolute Gasteiger partial charge is 0.258 e. The van der Waals surface area contributed by atoms with Crippen molar-refractivity contribution in [3.8, 4) is 0 Å². The van der Waals surface area contributed by atoms with E-state index < -0.39 is 0 Å². The van der Waals surface area contributed by atoms with Gasteiger partial charge in [-0.1, -0.05) is 48.0 Å². The third-order valence-electron chi connectivity index (χ3n) is 4.92. The summed E-state index contributed by atoms with van der Waals surface area (Å²) in [5.74, 6) is -0.251. The molecule has 5 heteroatoms. The monoisotopic (exact) mass is 390 g/mol. The summed E-state index contributed by atoms with van der Waals surface area (Å²) in [6, 6.07) is 22.1. The van der Waals surface area contributed by atoms with Crippen molar-refractivity contribution in [1.82, 2.24) is 5.32 Å². The van der Waals surface area contributed by atoms with Crippen LogP contribution in [0, 0.1) is 0 Å². The molecule has 0 aromatic heterocycles. The topological polar surface area (TPSA) is 49.4 Å². The normalized spacial score (nSPS) is 12.5. The SMILES string of the molecule is O=C(NCc1ccccc1Cl)c1ccc(C(=O)N2CCc3ccccc32)cc1. The lowest BCUT2D eigenvalue weighted by Gasteiger charge is -2.17. The molecule has 1 heterocycles. The molecule has 0 saturated carbocycles. The first-order valence-corrected chi connectivity index (χ1v) is 9.53. The van der Waals surface area contributed by atoms with Crippen LogP contribution in [-0.2, 0) is 13.0 Å². The van der Waals surface area contributed by atoms with Gasteiger partial charge in [0.05, 0.1) is 0 Å². The third kappa shape index (κ3) is 3.64. The molecule has 3 aromatic rings. The van der Waals surface area contributed by atoms with Crippen molar-refractivity contribution in [3.05, 3.63) is 100 Å². The summed E-state index contributed by atoms with van der Waals surface area (Å²) in [6.07, 6.45) is 0.866. The molecule has 0 atom stereocenters. The molecule has 28 heavy (non-hydrogen) atoms. The Labute approximate surface area is 168 Å². The number of hydrogen-bond acceptors (Lipinski definition) is 2. The molecule has 4 nitrogen and oxygen atoms in total. The second kappa shape index (κ2) is 7.87. The molecular formula is C23H19ClN2O2. The summed E-state index contributed by atoms with van der Waals surface area (Å²) in [6.45, 7) is 1.03. The second-order valence-corrected chi connectivity index (χ2v) is 7.09. The molecule has 140 valence electrons. The summed E-state index contributed by atoms with van der Waals surface area (Å²) < 4.78 is 0. The third-order valence-corrected chi connectivity index (χ3v) is 5.29. The van der Waals surface area contributed by atoms with E-state index in [9.17, 15) is 9.59 Å². The Morgan fingerprint density at radius 1 is 0.893 bits per heavy atom. The molecule has 0 unspecified atom stereocenters. The zero-order chi connectivity index (χ0) is 19.5. The number of hydrogen-bond donors (Lipinski definition) is 1. The molecule has 0 spiro atoms. The average molecular weight is 391 g/mol. The highest BCUT2D eigenvalue weighted by molar-refractivity contribution is 6.31. The zero-order valence-corrected chi connectivity index (χ0v) is 15.9. The van der Waals surface area contributed by atoms with Gasteiger partial charge in [0.2, 0.25) is 0 Å². The number of amides is 2. The molecule has 0 fully saturated rings. The molecule has 1 N–H and O–H groups in total. The maximum absolute atomic E-state index is 12.8. The molecule has 0 saturated heterocycles. The number of nitrogens with one attached hydrogen (secondary N) is 1. The molecular weight excluding hydrogens is 372 g/mol. The van der Waals surface area contributed by atoms with Gasteiger partial charge in [0.1, 0.15) is 0 Å². The maximum atomic E-state index is 12.8. The first-order chi connectivity index (χ1) is 13.6. The van der Waals surface area contributed by atoms with Crippen LogP contribution in [-0.4, -0.2) is 18.4 Å². The van der Waals surface area contributed by atoms with E-state index in [1.807, 2.05) is 36.4 Å². The Morgan fingerprint density at radius 2 is 1.57 bits per heavy atom.